The summed E-state index contributed by atoms with van der Waals surface area (Å²) in [5.74, 6) is 0.608. The summed E-state index contributed by atoms with van der Waals surface area (Å²) in [7, 11) is 0. The van der Waals surface area contributed by atoms with E-state index in [-0.39, 0.29) is 5.91 Å². The average Bonchev–Trinajstić information content (AvgIpc) is 3.12. The van der Waals surface area contributed by atoms with Crippen molar-refractivity contribution in [1.29, 1.82) is 0 Å². The molecule has 1 N–H and O–H groups in total. The molecule has 28 heavy (non-hydrogen) atoms. The third kappa shape index (κ3) is 3.94. The van der Waals surface area contributed by atoms with Crippen LogP contribution < -0.4 is 5.32 Å². The molecular weight excluding hydrogens is 366 g/mol. The molecule has 0 aliphatic heterocycles. The van der Waals surface area contributed by atoms with Crippen molar-refractivity contribution in [3.05, 3.63) is 95.4 Å². The van der Waals surface area contributed by atoms with Gasteiger partial charge in [-0.25, -0.2) is 4.98 Å². The monoisotopic (exact) mass is 387 g/mol. The molecule has 2 aromatic carbocycles. The van der Waals surface area contributed by atoms with Gasteiger partial charge in [0.1, 0.15) is 5.65 Å². The minimum atomic E-state index is -0.0960. The Kier molecular flexibility index (Phi) is 5.17. The molecule has 2 aromatic heterocycles. The van der Waals surface area contributed by atoms with Gasteiger partial charge in [0.2, 0.25) is 0 Å². The van der Waals surface area contributed by atoms with Crippen LogP contribution in [0.3, 0.4) is 0 Å². The lowest BCUT2D eigenvalue weighted by Crippen LogP contribution is -2.13. The average molecular weight is 388 g/mol. The number of rotatable bonds is 5. The van der Waals surface area contributed by atoms with E-state index in [9.17, 15) is 4.79 Å². The fourth-order valence-corrected chi connectivity index (χ4v) is 3.94. The Morgan fingerprint density at radius 1 is 1.04 bits per heavy atom. The van der Waals surface area contributed by atoms with Crippen LogP contribution in [-0.2, 0) is 5.75 Å². The van der Waals surface area contributed by atoms with E-state index >= 15 is 0 Å². The fraction of sp³-hybridized carbons (Fsp3) is 0.130. The zero-order chi connectivity index (χ0) is 19.5. The maximum Gasteiger partial charge on any atom is 0.256 e. The van der Waals surface area contributed by atoms with Crippen LogP contribution in [0, 0.1) is 13.8 Å². The Bertz CT molecular complexity index is 1120. The number of nitrogens with one attached hydrogen (secondary N) is 1. The van der Waals surface area contributed by atoms with Crippen LogP contribution in [0.1, 0.15) is 27.2 Å². The second-order valence-electron chi connectivity index (χ2n) is 6.74. The van der Waals surface area contributed by atoms with E-state index in [0.29, 0.717) is 11.3 Å². The number of carbonyl (C=O) groups is 1. The van der Waals surface area contributed by atoms with E-state index in [1.54, 1.807) is 11.8 Å². The van der Waals surface area contributed by atoms with Crippen LogP contribution in [0.2, 0.25) is 0 Å². The molecule has 0 unspecified atom stereocenters. The van der Waals surface area contributed by atoms with Crippen molar-refractivity contribution in [2.75, 3.05) is 5.32 Å². The number of aromatic nitrogens is 2. The van der Waals surface area contributed by atoms with Crippen LogP contribution in [0.25, 0.3) is 5.65 Å². The molecule has 0 saturated heterocycles. The van der Waals surface area contributed by atoms with Gasteiger partial charge in [0, 0.05) is 28.7 Å². The molecule has 0 spiro atoms. The van der Waals surface area contributed by atoms with Gasteiger partial charge in [0.05, 0.1) is 11.3 Å². The normalized spacial score (nSPS) is 10.9. The maximum absolute atomic E-state index is 12.8. The van der Waals surface area contributed by atoms with Gasteiger partial charge in [0.15, 0.2) is 0 Å². The largest absolute Gasteiger partial charge is 0.322 e. The van der Waals surface area contributed by atoms with Crippen molar-refractivity contribution >= 4 is 29.0 Å². The number of fused-ring (bicyclic) bond motifs is 1. The van der Waals surface area contributed by atoms with E-state index < -0.39 is 0 Å². The van der Waals surface area contributed by atoms with Crippen LogP contribution in [0.15, 0.2) is 78.0 Å². The number of aryl methyl sites for hydroxylation is 2. The fourth-order valence-electron chi connectivity index (χ4n) is 3.01. The van der Waals surface area contributed by atoms with Gasteiger partial charge >= 0.3 is 0 Å². The highest BCUT2D eigenvalue weighted by Crippen LogP contribution is 2.27. The summed E-state index contributed by atoms with van der Waals surface area (Å²) >= 11 is 1.62. The molecule has 0 saturated carbocycles. The number of pyridine rings is 1. The number of nitrogens with zero attached hydrogens (tertiary/aromatic N) is 2. The highest BCUT2D eigenvalue weighted by Gasteiger charge is 2.13. The lowest BCUT2D eigenvalue weighted by atomic mass is 10.1. The standard InChI is InChI=1S/C23H21N3OS/c1-16-10-11-18(13-17(16)2)25-23(27)20-7-3-4-8-21(20)28-15-19-14-26-12-6-5-9-22(26)24-19/h3-14H,15H2,1-2H3,(H,25,27). The second kappa shape index (κ2) is 7.90. The Morgan fingerprint density at radius 2 is 1.86 bits per heavy atom. The van der Waals surface area contributed by atoms with Crippen molar-refractivity contribution in [2.24, 2.45) is 0 Å². The maximum atomic E-state index is 12.8. The predicted molar refractivity (Wildman–Crippen MR) is 115 cm³/mol. The molecule has 4 rings (SSSR count). The summed E-state index contributed by atoms with van der Waals surface area (Å²) in [4.78, 5) is 18.4. The van der Waals surface area contributed by atoms with Crippen LogP contribution >= 0.6 is 11.8 Å². The predicted octanol–water partition coefficient (Wildman–Crippen LogP) is 5.50. The van der Waals surface area contributed by atoms with Crippen molar-refractivity contribution in [2.45, 2.75) is 24.5 Å². The molecule has 140 valence electrons. The van der Waals surface area contributed by atoms with E-state index in [2.05, 4.69) is 17.2 Å². The summed E-state index contributed by atoms with van der Waals surface area (Å²) < 4.78 is 2.01. The van der Waals surface area contributed by atoms with Crippen LogP contribution in [0.5, 0.6) is 0 Å². The number of anilines is 1. The summed E-state index contributed by atoms with van der Waals surface area (Å²) in [6, 6.07) is 19.6. The van der Waals surface area contributed by atoms with Gasteiger partial charge in [-0.05, 0) is 61.4 Å². The summed E-state index contributed by atoms with van der Waals surface area (Å²) in [5.41, 5.74) is 5.77. The first-order valence-corrected chi connectivity index (χ1v) is 10.1. The second-order valence-corrected chi connectivity index (χ2v) is 7.75. The Morgan fingerprint density at radius 3 is 2.68 bits per heavy atom. The van der Waals surface area contributed by atoms with Gasteiger partial charge in [-0.15, -0.1) is 11.8 Å². The number of carbonyl (C=O) groups excluding carboxylic acids is 1. The number of benzene rings is 2. The molecule has 0 bridgehead atoms. The number of hydrogen-bond donors (Lipinski definition) is 1. The van der Waals surface area contributed by atoms with Crippen molar-refractivity contribution in [3.63, 3.8) is 0 Å². The highest BCUT2D eigenvalue weighted by molar-refractivity contribution is 7.98. The molecule has 4 aromatic rings. The van der Waals surface area contributed by atoms with Crippen LogP contribution in [-0.4, -0.2) is 15.3 Å². The van der Waals surface area contributed by atoms with Gasteiger partial charge < -0.3 is 9.72 Å². The molecule has 4 nitrogen and oxygen atoms in total. The molecule has 0 radical (unpaired) electrons. The minimum Gasteiger partial charge on any atom is -0.322 e. The SMILES string of the molecule is Cc1ccc(NC(=O)c2ccccc2SCc2cn3ccccc3n2)cc1C. The molecule has 1 amide bonds. The molecule has 5 heteroatoms. The Hall–Kier alpha value is -3.05. The van der Waals surface area contributed by atoms with E-state index in [4.69, 9.17) is 0 Å². The number of thioether (sulfide) groups is 1. The topological polar surface area (TPSA) is 46.4 Å². The quantitative estimate of drug-likeness (QED) is 0.460. The molecule has 0 aliphatic rings. The van der Waals surface area contributed by atoms with Gasteiger partial charge in [-0.2, -0.15) is 0 Å². The zero-order valence-corrected chi connectivity index (χ0v) is 16.7. The highest BCUT2D eigenvalue weighted by atomic mass is 32.2. The van der Waals surface area contributed by atoms with Crippen molar-refractivity contribution in [3.8, 4) is 0 Å². The molecule has 0 aliphatic carbocycles. The lowest BCUT2D eigenvalue weighted by Gasteiger charge is -2.11. The van der Waals surface area contributed by atoms with E-state index in [0.717, 1.165) is 27.5 Å². The van der Waals surface area contributed by atoms with Gasteiger partial charge in [-0.3, -0.25) is 4.79 Å². The first kappa shape index (κ1) is 18.3. The third-order valence-corrected chi connectivity index (χ3v) is 5.79. The molecule has 0 atom stereocenters. The van der Waals surface area contributed by atoms with E-state index in [1.807, 2.05) is 84.4 Å². The summed E-state index contributed by atoms with van der Waals surface area (Å²) in [6.07, 6.45) is 4.02. The van der Waals surface area contributed by atoms with Crippen molar-refractivity contribution in [1.82, 2.24) is 9.38 Å². The first-order chi connectivity index (χ1) is 13.6. The zero-order valence-electron chi connectivity index (χ0n) is 15.8. The number of hydrogen-bond acceptors (Lipinski definition) is 3. The van der Waals surface area contributed by atoms with E-state index in [1.165, 1.54) is 5.56 Å². The lowest BCUT2D eigenvalue weighted by molar-refractivity contribution is 0.102. The third-order valence-electron chi connectivity index (χ3n) is 4.69. The van der Waals surface area contributed by atoms with Crippen LogP contribution in [0.4, 0.5) is 5.69 Å². The summed E-state index contributed by atoms with van der Waals surface area (Å²) in [5, 5.41) is 3.01. The van der Waals surface area contributed by atoms with Gasteiger partial charge in [-0.1, -0.05) is 24.3 Å². The number of amides is 1. The summed E-state index contributed by atoms with van der Waals surface area (Å²) in [6.45, 7) is 4.11. The Labute approximate surface area is 168 Å². The first-order valence-electron chi connectivity index (χ1n) is 9.13. The minimum absolute atomic E-state index is 0.0960. The molecular formula is C23H21N3OS. The molecule has 2 heterocycles. The number of imidazole rings is 1. The van der Waals surface area contributed by atoms with Crippen molar-refractivity contribution < 1.29 is 4.79 Å². The smallest absolute Gasteiger partial charge is 0.256 e. The Balaban J connectivity index is 1.51. The van der Waals surface area contributed by atoms with Gasteiger partial charge in [0.25, 0.3) is 5.91 Å². The molecule has 0 fully saturated rings.